The van der Waals surface area contributed by atoms with Crippen LogP contribution in [0.15, 0.2) is 30.3 Å². The summed E-state index contributed by atoms with van der Waals surface area (Å²) in [6.45, 7) is 6.38. The molecule has 1 spiro atoms. The fourth-order valence-corrected chi connectivity index (χ4v) is 6.97. The number of piperidine rings is 1. The zero-order chi connectivity index (χ0) is 22.6. The van der Waals surface area contributed by atoms with E-state index in [1.807, 2.05) is 35.6 Å². The topological polar surface area (TPSA) is 67.9 Å². The molecule has 8 heteroatoms. The molecular formula is C24H34N2O4S2. The third-order valence-corrected chi connectivity index (χ3v) is 9.18. The van der Waals surface area contributed by atoms with Crippen LogP contribution in [0.2, 0.25) is 0 Å². The number of aryl methyl sites for hydroxylation is 1. The van der Waals surface area contributed by atoms with Crippen LogP contribution in [0.4, 0.5) is 5.69 Å². The second kappa shape index (κ2) is 10.2. The highest BCUT2D eigenvalue weighted by Gasteiger charge is 2.41. The van der Waals surface area contributed by atoms with E-state index in [0.29, 0.717) is 18.7 Å². The van der Waals surface area contributed by atoms with Gasteiger partial charge in [0.05, 0.1) is 18.0 Å². The van der Waals surface area contributed by atoms with Crippen LogP contribution in [0.25, 0.3) is 0 Å². The lowest BCUT2D eigenvalue weighted by Crippen LogP contribution is -2.45. The van der Waals surface area contributed by atoms with Gasteiger partial charge in [-0.05, 0) is 55.0 Å². The fourth-order valence-electron chi connectivity index (χ4n) is 4.69. The Labute approximate surface area is 196 Å². The standard InChI is InChI=1S/C24H34N2O4S2/c1-3-21-17-22-23(31-21)9-15-30-24(22)10-12-26(13-11-24)18-19-5-7-20(8-6-19)25-32(27,28)16-4-14-29-2/h5-8,17,25H,3-4,9-16,18H2,1-2H3. The third-order valence-electron chi connectivity index (χ3n) is 6.47. The van der Waals surface area contributed by atoms with Gasteiger partial charge in [-0.1, -0.05) is 19.1 Å². The normalized spacial score (nSPS) is 18.6. The van der Waals surface area contributed by atoms with E-state index in [9.17, 15) is 8.42 Å². The van der Waals surface area contributed by atoms with Crippen LogP contribution in [0.3, 0.4) is 0 Å². The van der Waals surface area contributed by atoms with E-state index >= 15 is 0 Å². The van der Waals surface area contributed by atoms with Crippen LogP contribution in [-0.2, 0) is 44.5 Å². The molecule has 0 atom stereocenters. The number of benzene rings is 1. The molecule has 0 amide bonds. The highest BCUT2D eigenvalue weighted by molar-refractivity contribution is 7.92. The molecule has 1 N–H and O–H groups in total. The molecule has 1 fully saturated rings. The van der Waals surface area contributed by atoms with Crippen molar-refractivity contribution in [2.75, 3.05) is 43.9 Å². The average Bonchev–Trinajstić information content (AvgIpc) is 3.22. The van der Waals surface area contributed by atoms with Gasteiger partial charge < -0.3 is 9.47 Å². The van der Waals surface area contributed by atoms with Crippen molar-refractivity contribution in [3.05, 3.63) is 51.2 Å². The predicted molar refractivity (Wildman–Crippen MR) is 130 cm³/mol. The Bertz CT molecular complexity index is 994. The molecule has 176 valence electrons. The summed E-state index contributed by atoms with van der Waals surface area (Å²) < 4.78 is 38.3. The van der Waals surface area contributed by atoms with Crippen molar-refractivity contribution in [1.29, 1.82) is 0 Å². The number of nitrogens with zero attached hydrogens (tertiary/aromatic N) is 1. The number of thiophene rings is 1. The summed E-state index contributed by atoms with van der Waals surface area (Å²) in [7, 11) is -1.77. The van der Waals surface area contributed by atoms with Crippen LogP contribution in [0, 0.1) is 0 Å². The van der Waals surface area contributed by atoms with Crippen LogP contribution < -0.4 is 4.72 Å². The first-order valence-corrected chi connectivity index (χ1v) is 14.0. The van der Waals surface area contributed by atoms with E-state index < -0.39 is 10.0 Å². The number of sulfonamides is 1. The zero-order valence-electron chi connectivity index (χ0n) is 19.1. The lowest BCUT2D eigenvalue weighted by Gasteiger charge is -2.44. The number of hydrogen-bond acceptors (Lipinski definition) is 6. The van der Waals surface area contributed by atoms with Gasteiger partial charge in [0.2, 0.25) is 10.0 Å². The molecule has 32 heavy (non-hydrogen) atoms. The molecule has 2 aromatic rings. The quantitative estimate of drug-likeness (QED) is 0.549. The summed E-state index contributed by atoms with van der Waals surface area (Å²) >= 11 is 1.97. The van der Waals surface area contributed by atoms with E-state index in [1.165, 1.54) is 20.9 Å². The molecule has 2 aliphatic rings. The van der Waals surface area contributed by atoms with Crippen molar-refractivity contribution in [3.8, 4) is 0 Å². The average molecular weight is 479 g/mol. The Morgan fingerprint density at radius 2 is 1.97 bits per heavy atom. The van der Waals surface area contributed by atoms with Gasteiger partial charge >= 0.3 is 0 Å². The third kappa shape index (κ3) is 5.54. The first kappa shape index (κ1) is 23.7. The Kier molecular flexibility index (Phi) is 7.57. The monoisotopic (exact) mass is 478 g/mol. The van der Waals surface area contributed by atoms with Crippen molar-refractivity contribution in [2.45, 2.75) is 51.2 Å². The first-order valence-electron chi connectivity index (χ1n) is 11.5. The molecule has 3 heterocycles. The highest BCUT2D eigenvalue weighted by atomic mass is 32.2. The van der Waals surface area contributed by atoms with Crippen molar-refractivity contribution >= 4 is 27.0 Å². The highest BCUT2D eigenvalue weighted by Crippen LogP contribution is 2.44. The second-order valence-corrected chi connectivity index (χ2v) is 11.8. The number of fused-ring (bicyclic) bond motifs is 2. The Morgan fingerprint density at radius 3 is 2.66 bits per heavy atom. The molecule has 1 aromatic carbocycles. The van der Waals surface area contributed by atoms with Gasteiger partial charge in [0.25, 0.3) is 0 Å². The number of methoxy groups -OCH3 is 1. The minimum atomic E-state index is -3.34. The first-order chi connectivity index (χ1) is 15.4. The molecule has 6 nitrogen and oxygen atoms in total. The summed E-state index contributed by atoms with van der Waals surface area (Å²) in [6, 6.07) is 10.1. The summed E-state index contributed by atoms with van der Waals surface area (Å²) in [6.07, 6.45) is 4.68. The number of ether oxygens (including phenoxy) is 2. The van der Waals surface area contributed by atoms with Crippen molar-refractivity contribution in [3.63, 3.8) is 0 Å². The smallest absolute Gasteiger partial charge is 0.232 e. The van der Waals surface area contributed by atoms with Gasteiger partial charge in [-0.3, -0.25) is 9.62 Å². The molecule has 0 bridgehead atoms. The number of likely N-dealkylation sites (tertiary alicyclic amines) is 1. The zero-order valence-corrected chi connectivity index (χ0v) is 20.7. The van der Waals surface area contributed by atoms with Gasteiger partial charge in [0.1, 0.15) is 0 Å². The predicted octanol–water partition coefficient (Wildman–Crippen LogP) is 4.15. The maximum absolute atomic E-state index is 12.1. The lowest BCUT2D eigenvalue weighted by atomic mass is 9.82. The van der Waals surface area contributed by atoms with Crippen molar-refractivity contribution < 1.29 is 17.9 Å². The molecule has 4 rings (SSSR count). The molecule has 0 radical (unpaired) electrons. The molecule has 1 saturated heterocycles. The van der Waals surface area contributed by atoms with Gasteiger partial charge in [-0.15, -0.1) is 11.3 Å². The molecule has 2 aliphatic heterocycles. The Hall–Kier alpha value is -1.45. The van der Waals surface area contributed by atoms with Crippen LogP contribution in [-0.4, -0.2) is 52.5 Å². The summed E-state index contributed by atoms with van der Waals surface area (Å²) in [5, 5.41) is 0. The maximum atomic E-state index is 12.1. The number of rotatable bonds is 9. The van der Waals surface area contributed by atoms with E-state index in [-0.39, 0.29) is 11.4 Å². The van der Waals surface area contributed by atoms with E-state index in [4.69, 9.17) is 9.47 Å². The lowest BCUT2D eigenvalue weighted by molar-refractivity contribution is -0.0981. The Morgan fingerprint density at radius 1 is 1.22 bits per heavy atom. The van der Waals surface area contributed by atoms with E-state index in [2.05, 4.69) is 22.6 Å². The summed E-state index contributed by atoms with van der Waals surface area (Å²) in [4.78, 5) is 5.47. The van der Waals surface area contributed by atoms with E-state index in [0.717, 1.165) is 51.9 Å². The summed E-state index contributed by atoms with van der Waals surface area (Å²) in [5.41, 5.74) is 3.15. The van der Waals surface area contributed by atoms with Crippen molar-refractivity contribution in [1.82, 2.24) is 4.90 Å². The largest absolute Gasteiger partial charge is 0.385 e. The number of nitrogens with one attached hydrogen (secondary N) is 1. The molecule has 0 saturated carbocycles. The Balaban J connectivity index is 1.32. The van der Waals surface area contributed by atoms with E-state index in [1.54, 1.807) is 7.11 Å². The number of hydrogen-bond donors (Lipinski definition) is 1. The minimum Gasteiger partial charge on any atom is -0.385 e. The fraction of sp³-hybridized carbons (Fsp3) is 0.583. The molecule has 0 aliphatic carbocycles. The SMILES string of the molecule is CCc1cc2c(s1)CCOC21CCN(Cc2ccc(NS(=O)(=O)CCCOC)cc2)CC1. The van der Waals surface area contributed by atoms with Gasteiger partial charge in [-0.25, -0.2) is 8.42 Å². The second-order valence-electron chi connectivity index (χ2n) is 8.74. The van der Waals surface area contributed by atoms with Gasteiger partial charge in [0, 0.05) is 55.2 Å². The molecule has 0 unspecified atom stereocenters. The van der Waals surface area contributed by atoms with Crippen LogP contribution in [0.1, 0.15) is 47.1 Å². The molecular weight excluding hydrogens is 444 g/mol. The van der Waals surface area contributed by atoms with Crippen molar-refractivity contribution in [2.24, 2.45) is 0 Å². The number of anilines is 1. The minimum absolute atomic E-state index is 0.0613. The maximum Gasteiger partial charge on any atom is 0.232 e. The van der Waals surface area contributed by atoms with Crippen LogP contribution in [0.5, 0.6) is 0 Å². The van der Waals surface area contributed by atoms with Gasteiger partial charge in [-0.2, -0.15) is 0 Å². The van der Waals surface area contributed by atoms with Gasteiger partial charge in [0.15, 0.2) is 0 Å². The molecule has 1 aromatic heterocycles. The summed E-state index contributed by atoms with van der Waals surface area (Å²) in [5.74, 6) is 0.0613. The van der Waals surface area contributed by atoms with Crippen LogP contribution >= 0.6 is 11.3 Å².